The van der Waals surface area contributed by atoms with Crippen LogP contribution in [-0.4, -0.2) is 43.6 Å². The molecule has 3 rings (SSSR count). The summed E-state index contributed by atoms with van der Waals surface area (Å²) >= 11 is 0. The van der Waals surface area contributed by atoms with Crippen LogP contribution in [0.25, 0.3) is 0 Å². The first kappa shape index (κ1) is 26.0. The van der Waals surface area contributed by atoms with Crippen LogP contribution >= 0.6 is 0 Å². The standard InChI is InChI=1S/C25H29N3O6S/c1-5-6-22-26-14-21(27-22)23(25(30)33-3)17-9-11-19(12-10-17)34-15-18-8-7-16(2)13-20(18)24(29)28-35(4,31)32/h7-14,23H,5-6,15H2,1-4H3,(H,26,27)(H,28,29). The molecule has 35 heavy (non-hydrogen) atoms. The van der Waals surface area contributed by atoms with E-state index in [0.717, 1.165) is 30.5 Å². The number of carbonyl (C=O) groups is 2. The maximum atomic E-state index is 12.5. The molecule has 2 N–H and O–H groups in total. The van der Waals surface area contributed by atoms with Crippen molar-refractivity contribution in [3.05, 3.63) is 82.4 Å². The van der Waals surface area contributed by atoms with E-state index in [2.05, 4.69) is 16.9 Å². The van der Waals surface area contributed by atoms with Gasteiger partial charge in [-0.15, -0.1) is 0 Å². The van der Waals surface area contributed by atoms with Crippen LogP contribution in [0.4, 0.5) is 0 Å². The average Bonchev–Trinajstić information content (AvgIpc) is 3.26. The number of aromatic nitrogens is 2. The second-order valence-corrected chi connectivity index (χ2v) is 9.96. The number of hydrogen-bond donors (Lipinski definition) is 2. The molecule has 0 radical (unpaired) electrons. The van der Waals surface area contributed by atoms with Gasteiger partial charge in [-0.05, 0) is 37.1 Å². The highest BCUT2D eigenvalue weighted by molar-refractivity contribution is 7.89. The Bertz CT molecular complexity index is 1300. The van der Waals surface area contributed by atoms with E-state index in [9.17, 15) is 18.0 Å². The number of nitrogens with one attached hydrogen (secondary N) is 2. The van der Waals surface area contributed by atoms with Crippen molar-refractivity contribution in [3.8, 4) is 5.75 Å². The van der Waals surface area contributed by atoms with Crippen molar-refractivity contribution in [1.29, 1.82) is 0 Å². The van der Waals surface area contributed by atoms with Crippen molar-refractivity contribution >= 4 is 21.9 Å². The quantitative estimate of drug-likeness (QED) is 0.410. The number of imidazole rings is 1. The Labute approximate surface area is 204 Å². The summed E-state index contributed by atoms with van der Waals surface area (Å²) in [5, 5.41) is 0. The number of sulfonamides is 1. The smallest absolute Gasteiger partial charge is 0.319 e. The van der Waals surface area contributed by atoms with Crippen molar-refractivity contribution < 1.29 is 27.5 Å². The summed E-state index contributed by atoms with van der Waals surface area (Å²) in [6.07, 6.45) is 4.29. The van der Waals surface area contributed by atoms with Crippen LogP contribution in [0.15, 0.2) is 48.7 Å². The van der Waals surface area contributed by atoms with Crippen LogP contribution in [0.1, 0.15) is 57.8 Å². The summed E-state index contributed by atoms with van der Waals surface area (Å²) in [5.41, 5.74) is 2.93. The van der Waals surface area contributed by atoms with Gasteiger partial charge in [0.2, 0.25) is 10.0 Å². The van der Waals surface area contributed by atoms with Gasteiger partial charge in [0, 0.05) is 23.7 Å². The molecule has 10 heteroatoms. The van der Waals surface area contributed by atoms with E-state index in [1.165, 1.54) is 7.11 Å². The molecule has 1 heterocycles. The molecule has 9 nitrogen and oxygen atoms in total. The van der Waals surface area contributed by atoms with E-state index in [4.69, 9.17) is 9.47 Å². The number of aryl methyl sites for hydroxylation is 2. The molecule has 3 aromatic rings. The van der Waals surface area contributed by atoms with Gasteiger partial charge in [-0.25, -0.2) is 18.1 Å². The van der Waals surface area contributed by atoms with Crippen LogP contribution in [-0.2, 0) is 32.6 Å². The van der Waals surface area contributed by atoms with Crippen molar-refractivity contribution in [1.82, 2.24) is 14.7 Å². The van der Waals surface area contributed by atoms with Crippen molar-refractivity contribution in [3.63, 3.8) is 0 Å². The third kappa shape index (κ3) is 6.92. The lowest BCUT2D eigenvalue weighted by molar-refractivity contribution is -0.141. The van der Waals surface area contributed by atoms with E-state index in [1.54, 1.807) is 42.6 Å². The fourth-order valence-corrected chi connectivity index (χ4v) is 4.06. The Kier molecular flexibility index (Phi) is 8.29. The Hall–Kier alpha value is -3.66. The molecule has 1 amide bonds. The zero-order valence-electron chi connectivity index (χ0n) is 20.1. The van der Waals surface area contributed by atoms with Crippen molar-refractivity contribution in [2.24, 2.45) is 0 Å². The van der Waals surface area contributed by atoms with E-state index in [1.807, 2.05) is 17.7 Å². The van der Waals surface area contributed by atoms with Gasteiger partial charge in [0.25, 0.3) is 5.91 Å². The van der Waals surface area contributed by atoms with Crippen LogP contribution in [0.2, 0.25) is 0 Å². The molecule has 0 bridgehead atoms. The van der Waals surface area contributed by atoms with E-state index >= 15 is 0 Å². The maximum Gasteiger partial charge on any atom is 0.319 e. The number of hydrogen-bond acceptors (Lipinski definition) is 7. The Morgan fingerprint density at radius 1 is 1.14 bits per heavy atom. The third-order valence-corrected chi connectivity index (χ3v) is 5.83. The monoisotopic (exact) mass is 499 g/mol. The molecule has 0 spiro atoms. The SMILES string of the molecule is CCCc1ncc(C(C(=O)OC)c2ccc(OCc3ccc(C)cc3C(=O)NS(C)(=O)=O)cc2)[nH]1. The second-order valence-electron chi connectivity index (χ2n) is 8.21. The molecule has 0 fully saturated rings. The highest BCUT2D eigenvalue weighted by atomic mass is 32.2. The topological polar surface area (TPSA) is 127 Å². The second kappa shape index (κ2) is 11.2. The first-order valence-electron chi connectivity index (χ1n) is 11.1. The molecule has 0 saturated carbocycles. The zero-order valence-corrected chi connectivity index (χ0v) is 20.9. The lowest BCUT2D eigenvalue weighted by Gasteiger charge is -2.15. The predicted molar refractivity (Wildman–Crippen MR) is 131 cm³/mol. The largest absolute Gasteiger partial charge is 0.489 e. The van der Waals surface area contributed by atoms with Crippen LogP contribution in [0.5, 0.6) is 5.75 Å². The van der Waals surface area contributed by atoms with Gasteiger partial charge in [-0.2, -0.15) is 0 Å². The number of carbonyl (C=O) groups excluding carboxylic acids is 2. The molecule has 186 valence electrons. The highest BCUT2D eigenvalue weighted by Gasteiger charge is 2.26. The fourth-order valence-electron chi connectivity index (χ4n) is 3.62. The summed E-state index contributed by atoms with van der Waals surface area (Å²) in [6, 6.07) is 12.1. The maximum absolute atomic E-state index is 12.5. The summed E-state index contributed by atoms with van der Waals surface area (Å²) in [5.74, 6) is -0.455. The molecular formula is C25H29N3O6S. The minimum Gasteiger partial charge on any atom is -0.489 e. The Morgan fingerprint density at radius 2 is 1.86 bits per heavy atom. The van der Waals surface area contributed by atoms with Gasteiger partial charge in [0.15, 0.2) is 0 Å². The Morgan fingerprint density at radius 3 is 2.49 bits per heavy atom. The number of H-pyrrole nitrogens is 1. The molecule has 1 unspecified atom stereocenters. The van der Waals surface area contributed by atoms with Crippen molar-refractivity contribution in [2.75, 3.05) is 13.4 Å². The number of nitrogens with zero attached hydrogens (tertiary/aromatic N) is 1. The molecule has 0 aliphatic carbocycles. The number of methoxy groups -OCH3 is 1. The number of aromatic amines is 1. The normalized spacial score (nSPS) is 12.1. The molecule has 1 atom stereocenters. The van der Waals surface area contributed by atoms with Crippen LogP contribution < -0.4 is 9.46 Å². The van der Waals surface area contributed by atoms with Gasteiger partial charge in [0.1, 0.15) is 24.1 Å². The van der Waals surface area contributed by atoms with Crippen molar-refractivity contribution in [2.45, 2.75) is 39.2 Å². The first-order chi connectivity index (χ1) is 16.6. The van der Waals surface area contributed by atoms with Gasteiger partial charge < -0.3 is 14.5 Å². The number of ether oxygens (including phenoxy) is 2. The fraction of sp³-hybridized carbons (Fsp3) is 0.320. The zero-order chi connectivity index (χ0) is 25.6. The van der Waals surface area contributed by atoms with Gasteiger partial charge in [-0.1, -0.05) is 36.8 Å². The molecular weight excluding hydrogens is 470 g/mol. The number of esters is 1. The van der Waals surface area contributed by atoms with E-state index in [0.29, 0.717) is 22.6 Å². The third-order valence-electron chi connectivity index (χ3n) is 5.28. The van der Waals surface area contributed by atoms with E-state index < -0.39 is 27.8 Å². The first-order valence-corrected chi connectivity index (χ1v) is 13.0. The summed E-state index contributed by atoms with van der Waals surface area (Å²) in [7, 11) is -2.36. The summed E-state index contributed by atoms with van der Waals surface area (Å²) in [6.45, 7) is 3.91. The molecule has 0 aliphatic heterocycles. The Balaban J connectivity index is 1.78. The average molecular weight is 500 g/mol. The molecule has 2 aromatic carbocycles. The van der Waals surface area contributed by atoms with Crippen LogP contribution in [0, 0.1) is 6.92 Å². The van der Waals surface area contributed by atoms with Crippen LogP contribution in [0.3, 0.4) is 0 Å². The van der Waals surface area contributed by atoms with Gasteiger partial charge in [0.05, 0.1) is 19.1 Å². The number of rotatable bonds is 10. The minimum absolute atomic E-state index is 0.0491. The lowest BCUT2D eigenvalue weighted by atomic mass is 9.96. The molecule has 1 aromatic heterocycles. The molecule has 0 saturated heterocycles. The predicted octanol–water partition coefficient (Wildman–Crippen LogP) is 3.24. The van der Waals surface area contributed by atoms with Gasteiger partial charge in [-0.3, -0.25) is 9.59 Å². The lowest BCUT2D eigenvalue weighted by Crippen LogP contribution is -2.30. The molecule has 0 aliphatic rings. The highest BCUT2D eigenvalue weighted by Crippen LogP contribution is 2.27. The van der Waals surface area contributed by atoms with E-state index in [-0.39, 0.29) is 12.2 Å². The minimum atomic E-state index is -3.70. The number of amides is 1. The van der Waals surface area contributed by atoms with Gasteiger partial charge >= 0.3 is 5.97 Å². The number of benzene rings is 2. The summed E-state index contributed by atoms with van der Waals surface area (Å²) in [4.78, 5) is 32.5. The summed E-state index contributed by atoms with van der Waals surface area (Å²) < 4.78 is 35.8.